The lowest BCUT2D eigenvalue weighted by Gasteiger charge is -2.21. The lowest BCUT2D eigenvalue weighted by molar-refractivity contribution is 0.426. The summed E-state index contributed by atoms with van der Waals surface area (Å²) in [6.07, 6.45) is 11.7. The van der Waals surface area contributed by atoms with Crippen molar-refractivity contribution in [3.63, 3.8) is 0 Å². The summed E-state index contributed by atoms with van der Waals surface area (Å²) in [5.41, 5.74) is 1.20. The van der Waals surface area contributed by atoms with Gasteiger partial charge in [0.1, 0.15) is 11.0 Å². The Balaban J connectivity index is 1.84. The third kappa shape index (κ3) is 2.69. The molecule has 2 aliphatic carbocycles. The summed E-state index contributed by atoms with van der Waals surface area (Å²) in [5, 5.41) is 0.646. The molecule has 1 heterocycles. The van der Waals surface area contributed by atoms with Crippen LogP contribution in [0.4, 0.5) is 0 Å². The van der Waals surface area contributed by atoms with Crippen LogP contribution in [-0.4, -0.2) is 9.97 Å². The predicted molar refractivity (Wildman–Crippen MR) is 74.1 cm³/mol. The fraction of sp³-hybridized carbons (Fsp3) is 0.733. The largest absolute Gasteiger partial charge is 0.237 e. The van der Waals surface area contributed by atoms with E-state index in [0.29, 0.717) is 17.0 Å². The van der Waals surface area contributed by atoms with Gasteiger partial charge in [-0.25, -0.2) is 9.97 Å². The predicted octanol–water partition coefficient (Wildman–Crippen LogP) is 4.84. The van der Waals surface area contributed by atoms with Crippen molar-refractivity contribution in [1.29, 1.82) is 0 Å². The van der Waals surface area contributed by atoms with Gasteiger partial charge < -0.3 is 0 Å². The third-order valence-corrected chi connectivity index (χ3v) is 4.67. The maximum atomic E-state index is 6.20. The molecule has 0 saturated heterocycles. The highest BCUT2D eigenvalue weighted by molar-refractivity contribution is 6.29. The third-order valence-electron chi connectivity index (χ3n) is 4.48. The summed E-state index contributed by atoms with van der Waals surface area (Å²) in [4.78, 5) is 9.33. The molecule has 0 spiro atoms. The zero-order valence-electron chi connectivity index (χ0n) is 10.9. The average Bonchev–Trinajstić information content (AvgIpc) is 2.93. The normalized spacial score (nSPS) is 22.5. The number of rotatable bonds is 2. The molecule has 3 heteroatoms. The minimum atomic E-state index is 0.553. The number of nitrogens with zero attached hydrogens (tertiary/aromatic N) is 2. The highest BCUT2D eigenvalue weighted by Crippen LogP contribution is 2.36. The molecule has 2 saturated carbocycles. The topological polar surface area (TPSA) is 25.8 Å². The summed E-state index contributed by atoms with van der Waals surface area (Å²) in [6, 6.07) is 1.99. The van der Waals surface area contributed by atoms with Crippen LogP contribution in [0.25, 0.3) is 0 Å². The molecule has 0 atom stereocenters. The first-order valence-corrected chi connectivity index (χ1v) is 7.75. The molecule has 0 amide bonds. The number of hydrogen-bond donors (Lipinski definition) is 0. The zero-order valence-corrected chi connectivity index (χ0v) is 11.6. The molecule has 0 unspecified atom stereocenters. The van der Waals surface area contributed by atoms with E-state index in [9.17, 15) is 0 Å². The van der Waals surface area contributed by atoms with E-state index in [-0.39, 0.29) is 0 Å². The van der Waals surface area contributed by atoms with Gasteiger partial charge in [0.05, 0.1) is 0 Å². The molecule has 18 heavy (non-hydrogen) atoms. The van der Waals surface area contributed by atoms with Crippen LogP contribution in [-0.2, 0) is 0 Å². The SMILES string of the molecule is Clc1cc(C2CCCC2)nc(C2CCCCC2)n1. The standard InChI is InChI=1S/C15H21ClN2/c16-14-10-13(11-6-4-5-7-11)17-15(18-14)12-8-2-1-3-9-12/h10-12H,1-9H2. The fourth-order valence-electron chi connectivity index (χ4n) is 3.43. The van der Waals surface area contributed by atoms with Crippen molar-refractivity contribution in [2.24, 2.45) is 0 Å². The van der Waals surface area contributed by atoms with Crippen molar-refractivity contribution < 1.29 is 0 Å². The first-order valence-electron chi connectivity index (χ1n) is 7.37. The second-order valence-electron chi connectivity index (χ2n) is 5.79. The molecule has 3 rings (SSSR count). The van der Waals surface area contributed by atoms with Gasteiger partial charge in [-0.1, -0.05) is 43.7 Å². The Morgan fingerprint density at radius 1 is 0.833 bits per heavy atom. The molecule has 1 aromatic heterocycles. The number of hydrogen-bond acceptors (Lipinski definition) is 2. The van der Waals surface area contributed by atoms with E-state index >= 15 is 0 Å². The van der Waals surface area contributed by atoms with Crippen molar-refractivity contribution in [2.45, 2.75) is 69.6 Å². The Labute approximate surface area is 114 Å². The first-order chi connectivity index (χ1) is 8.83. The average molecular weight is 265 g/mol. The van der Waals surface area contributed by atoms with Crippen molar-refractivity contribution in [2.75, 3.05) is 0 Å². The van der Waals surface area contributed by atoms with Gasteiger partial charge in [0.2, 0.25) is 0 Å². The second kappa shape index (κ2) is 5.56. The van der Waals surface area contributed by atoms with Crippen molar-refractivity contribution in [3.8, 4) is 0 Å². The minimum absolute atomic E-state index is 0.553. The van der Waals surface area contributed by atoms with E-state index in [4.69, 9.17) is 16.6 Å². The molecule has 2 nitrogen and oxygen atoms in total. The van der Waals surface area contributed by atoms with Crippen molar-refractivity contribution in [3.05, 3.63) is 22.7 Å². The molecule has 0 aliphatic heterocycles. The summed E-state index contributed by atoms with van der Waals surface area (Å²) >= 11 is 6.20. The summed E-state index contributed by atoms with van der Waals surface area (Å²) < 4.78 is 0. The monoisotopic (exact) mass is 264 g/mol. The Kier molecular flexibility index (Phi) is 3.83. The lowest BCUT2D eigenvalue weighted by Crippen LogP contribution is -2.11. The Bertz CT molecular complexity index is 407. The Morgan fingerprint density at radius 3 is 2.17 bits per heavy atom. The molecule has 0 bridgehead atoms. The van der Waals surface area contributed by atoms with Crippen LogP contribution in [0.1, 0.15) is 81.1 Å². The van der Waals surface area contributed by atoms with Crippen LogP contribution in [0.3, 0.4) is 0 Å². The minimum Gasteiger partial charge on any atom is -0.237 e. The molecule has 1 aromatic rings. The zero-order chi connectivity index (χ0) is 12.4. The Morgan fingerprint density at radius 2 is 1.44 bits per heavy atom. The van der Waals surface area contributed by atoms with Gasteiger partial charge in [-0.05, 0) is 31.7 Å². The fourth-order valence-corrected chi connectivity index (χ4v) is 3.63. The van der Waals surface area contributed by atoms with E-state index in [1.807, 2.05) is 6.07 Å². The van der Waals surface area contributed by atoms with Gasteiger partial charge in [-0.15, -0.1) is 0 Å². The van der Waals surface area contributed by atoms with Gasteiger partial charge in [0, 0.05) is 17.5 Å². The first kappa shape index (κ1) is 12.4. The van der Waals surface area contributed by atoms with Crippen LogP contribution in [0.2, 0.25) is 5.15 Å². The highest BCUT2D eigenvalue weighted by Gasteiger charge is 2.23. The molecule has 98 valence electrons. The van der Waals surface area contributed by atoms with Crippen LogP contribution >= 0.6 is 11.6 Å². The van der Waals surface area contributed by atoms with Crippen molar-refractivity contribution >= 4 is 11.6 Å². The van der Waals surface area contributed by atoms with Gasteiger partial charge in [-0.3, -0.25) is 0 Å². The molecule has 0 N–H and O–H groups in total. The van der Waals surface area contributed by atoms with Crippen LogP contribution < -0.4 is 0 Å². The molecule has 0 aromatic carbocycles. The maximum Gasteiger partial charge on any atom is 0.133 e. The molecular formula is C15H21ClN2. The Hall–Kier alpha value is -0.630. The summed E-state index contributed by atoms with van der Waals surface area (Å²) in [7, 11) is 0. The highest BCUT2D eigenvalue weighted by atomic mass is 35.5. The summed E-state index contributed by atoms with van der Waals surface area (Å²) in [6.45, 7) is 0. The van der Waals surface area contributed by atoms with Gasteiger partial charge in [-0.2, -0.15) is 0 Å². The molecule has 2 aliphatic rings. The number of aromatic nitrogens is 2. The molecule has 2 fully saturated rings. The van der Waals surface area contributed by atoms with Crippen molar-refractivity contribution in [1.82, 2.24) is 9.97 Å². The van der Waals surface area contributed by atoms with E-state index < -0.39 is 0 Å². The van der Waals surface area contributed by atoms with Crippen LogP contribution in [0.5, 0.6) is 0 Å². The molecule has 0 radical (unpaired) electrons. The van der Waals surface area contributed by atoms with Gasteiger partial charge >= 0.3 is 0 Å². The van der Waals surface area contributed by atoms with Gasteiger partial charge in [0.25, 0.3) is 0 Å². The smallest absolute Gasteiger partial charge is 0.133 e. The van der Waals surface area contributed by atoms with Gasteiger partial charge in [0.15, 0.2) is 0 Å². The van der Waals surface area contributed by atoms with E-state index in [1.165, 1.54) is 63.5 Å². The second-order valence-corrected chi connectivity index (χ2v) is 6.18. The summed E-state index contributed by atoms with van der Waals surface area (Å²) in [5.74, 6) is 2.20. The van der Waals surface area contributed by atoms with E-state index in [2.05, 4.69) is 4.98 Å². The quantitative estimate of drug-likeness (QED) is 0.715. The van der Waals surface area contributed by atoms with Crippen LogP contribution in [0, 0.1) is 0 Å². The number of halogens is 1. The van der Waals surface area contributed by atoms with Crippen LogP contribution in [0.15, 0.2) is 6.07 Å². The lowest BCUT2D eigenvalue weighted by atomic mass is 9.88. The van der Waals surface area contributed by atoms with E-state index in [1.54, 1.807) is 0 Å². The van der Waals surface area contributed by atoms with E-state index in [0.717, 1.165) is 5.82 Å². The maximum absolute atomic E-state index is 6.20. The molecular weight excluding hydrogens is 244 g/mol.